The summed E-state index contributed by atoms with van der Waals surface area (Å²) >= 11 is 0. The average Bonchev–Trinajstić information content (AvgIpc) is 2.84. The Hall–Kier alpha value is -3.62. The molecule has 1 N–H and O–H groups in total. The maximum Gasteiger partial charge on any atom is 0.339 e. The minimum Gasteiger partial charge on any atom is -0.493 e. The molecule has 0 spiro atoms. The Kier molecular flexibility index (Phi) is 8.45. The number of rotatable bonds is 8. The van der Waals surface area contributed by atoms with Crippen LogP contribution in [-0.2, 0) is 14.3 Å². The first-order valence-corrected chi connectivity index (χ1v) is 11.1. The second-order valence-corrected chi connectivity index (χ2v) is 8.26. The highest BCUT2D eigenvalue weighted by Gasteiger charge is 2.27. The predicted molar refractivity (Wildman–Crippen MR) is 123 cm³/mol. The van der Waals surface area contributed by atoms with E-state index in [2.05, 4.69) is 12.2 Å². The number of benzene rings is 2. The van der Waals surface area contributed by atoms with E-state index in [0.717, 1.165) is 12.8 Å². The number of amides is 2. The Bertz CT molecular complexity index is 1020. The fourth-order valence-electron chi connectivity index (χ4n) is 3.55. The molecule has 0 aliphatic carbocycles. The van der Waals surface area contributed by atoms with Crippen LogP contribution < -0.4 is 14.8 Å². The normalized spacial score (nSPS) is 14.8. The standard InChI is InChI=1S/C25H29FN2O6/c1-16-10-12-28(13-11-16)24(30)17(2)34-25(31)18-4-9-21(22(14-18)32-3)33-15-23(29)27-20-7-5-19(26)6-8-20/h4-9,14,16-17H,10-13,15H2,1-3H3,(H,27,29)/t17-/m1/s1. The topological polar surface area (TPSA) is 94.2 Å². The van der Waals surface area contributed by atoms with Crippen molar-refractivity contribution in [3.05, 3.63) is 53.8 Å². The van der Waals surface area contributed by atoms with Gasteiger partial charge in [0.2, 0.25) is 0 Å². The number of nitrogens with one attached hydrogen (secondary N) is 1. The van der Waals surface area contributed by atoms with Crippen LogP contribution in [0.25, 0.3) is 0 Å². The van der Waals surface area contributed by atoms with Gasteiger partial charge in [0, 0.05) is 18.8 Å². The van der Waals surface area contributed by atoms with Crippen molar-refractivity contribution in [1.82, 2.24) is 4.90 Å². The summed E-state index contributed by atoms with van der Waals surface area (Å²) in [5, 5.41) is 2.59. The molecule has 9 heteroatoms. The van der Waals surface area contributed by atoms with E-state index >= 15 is 0 Å². The molecule has 0 radical (unpaired) electrons. The lowest BCUT2D eigenvalue weighted by Crippen LogP contribution is -2.44. The first-order chi connectivity index (χ1) is 16.3. The number of hydrogen-bond acceptors (Lipinski definition) is 6. The second kappa shape index (κ2) is 11.5. The molecule has 0 saturated carbocycles. The van der Waals surface area contributed by atoms with Gasteiger partial charge in [-0.1, -0.05) is 6.92 Å². The van der Waals surface area contributed by atoms with Gasteiger partial charge in [-0.15, -0.1) is 0 Å². The predicted octanol–water partition coefficient (Wildman–Crippen LogP) is 3.66. The molecule has 2 amide bonds. The van der Waals surface area contributed by atoms with Gasteiger partial charge in [0.25, 0.3) is 11.8 Å². The van der Waals surface area contributed by atoms with Gasteiger partial charge in [-0.05, 0) is 68.1 Å². The third-order valence-electron chi connectivity index (χ3n) is 5.61. The summed E-state index contributed by atoms with van der Waals surface area (Å²) in [5.74, 6) is -0.657. The fourth-order valence-corrected chi connectivity index (χ4v) is 3.55. The summed E-state index contributed by atoms with van der Waals surface area (Å²) < 4.78 is 29.1. The van der Waals surface area contributed by atoms with Gasteiger partial charge >= 0.3 is 5.97 Å². The zero-order valence-electron chi connectivity index (χ0n) is 19.5. The largest absolute Gasteiger partial charge is 0.493 e. The Morgan fingerprint density at radius 2 is 1.76 bits per heavy atom. The number of esters is 1. The highest BCUT2D eigenvalue weighted by molar-refractivity contribution is 5.93. The van der Waals surface area contributed by atoms with Gasteiger partial charge in [-0.2, -0.15) is 0 Å². The third kappa shape index (κ3) is 6.69. The minimum absolute atomic E-state index is 0.187. The molecule has 8 nitrogen and oxygen atoms in total. The van der Waals surface area contributed by atoms with Gasteiger partial charge in [0.1, 0.15) is 5.82 Å². The summed E-state index contributed by atoms with van der Waals surface area (Å²) in [4.78, 5) is 39.0. The van der Waals surface area contributed by atoms with Crippen LogP contribution >= 0.6 is 0 Å². The summed E-state index contributed by atoms with van der Waals surface area (Å²) in [6.45, 7) is 4.72. The van der Waals surface area contributed by atoms with Crippen LogP contribution in [0, 0.1) is 11.7 Å². The van der Waals surface area contributed by atoms with Crippen molar-refractivity contribution in [2.75, 3.05) is 32.1 Å². The smallest absolute Gasteiger partial charge is 0.339 e. The molecule has 182 valence electrons. The zero-order valence-corrected chi connectivity index (χ0v) is 19.5. The van der Waals surface area contributed by atoms with Crippen molar-refractivity contribution < 1.29 is 33.0 Å². The third-order valence-corrected chi connectivity index (χ3v) is 5.61. The Morgan fingerprint density at radius 3 is 2.41 bits per heavy atom. The SMILES string of the molecule is COc1cc(C(=O)O[C@H](C)C(=O)N2CCC(C)CC2)ccc1OCC(=O)Nc1ccc(F)cc1. The molecule has 1 saturated heterocycles. The second-order valence-electron chi connectivity index (χ2n) is 8.26. The number of carbonyl (C=O) groups is 3. The maximum absolute atomic E-state index is 13.0. The monoisotopic (exact) mass is 472 g/mol. The van der Waals surface area contributed by atoms with Crippen molar-refractivity contribution in [2.45, 2.75) is 32.8 Å². The van der Waals surface area contributed by atoms with Gasteiger partial charge in [-0.25, -0.2) is 9.18 Å². The van der Waals surface area contributed by atoms with E-state index in [1.54, 1.807) is 11.8 Å². The highest BCUT2D eigenvalue weighted by Crippen LogP contribution is 2.28. The quantitative estimate of drug-likeness (QED) is 0.590. The number of hydrogen-bond donors (Lipinski definition) is 1. The van der Waals surface area contributed by atoms with E-state index in [4.69, 9.17) is 14.2 Å². The van der Waals surface area contributed by atoms with Crippen molar-refractivity contribution >= 4 is 23.5 Å². The number of piperidine rings is 1. The van der Waals surface area contributed by atoms with E-state index in [-0.39, 0.29) is 29.6 Å². The molecule has 1 atom stereocenters. The van der Waals surface area contributed by atoms with Crippen LogP contribution in [0.1, 0.15) is 37.0 Å². The van der Waals surface area contributed by atoms with E-state index in [1.165, 1.54) is 49.6 Å². The van der Waals surface area contributed by atoms with Crippen molar-refractivity contribution in [3.8, 4) is 11.5 Å². The molecule has 0 bridgehead atoms. The summed E-state index contributed by atoms with van der Waals surface area (Å²) in [6, 6.07) is 9.72. The van der Waals surface area contributed by atoms with Crippen LogP contribution in [-0.4, -0.2) is 55.6 Å². The number of methoxy groups -OCH3 is 1. The van der Waals surface area contributed by atoms with E-state index < -0.39 is 23.8 Å². The van der Waals surface area contributed by atoms with Crippen molar-refractivity contribution in [3.63, 3.8) is 0 Å². The van der Waals surface area contributed by atoms with Gasteiger partial charge in [0.15, 0.2) is 24.2 Å². The van der Waals surface area contributed by atoms with Gasteiger partial charge < -0.3 is 24.4 Å². The molecule has 2 aromatic carbocycles. The molecular weight excluding hydrogens is 443 g/mol. The van der Waals surface area contributed by atoms with Crippen LogP contribution in [0.4, 0.5) is 10.1 Å². The summed E-state index contributed by atoms with van der Waals surface area (Å²) in [7, 11) is 1.40. The first kappa shape index (κ1) is 25.0. The zero-order chi connectivity index (χ0) is 24.7. The number of halogens is 1. The molecule has 1 aliphatic heterocycles. The number of carbonyl (C=O) groups excluding carboxylic acids is 3. The number of anilines is 1. The highest BCUT2D eigenvalue weighted by atomic mass is 19.1. The van der Waals surface area contributed by atoms with Crippen LogP contribution in [0.5, 0.6) is 11.5 Å². The molecule has 2 aromatic rings. The number of likely N-dealkylation sites (tertiary alicyclic amines) is 1. The van der Waals surface area contributed by atoms with E-state index in [9.17, 15) is 18.8 Å². The van der Waals surface area contributed by atoms with Crippen LogP contribution in [0.2, 0.25) is 0 Å². The lowest BCUT2D eigenvalue weighted by Gasteiger charge is -2.31. The molecule has 1 fully saturated rings. The van der Waals surface area contributed by atoms with Gasteiger partial charge in [0.05, 0.1) is 12.7 Å². The van der Waals surface area contributed by atoms with E-state index in [0.29, 0.717) is 24.7 Å². The number of nitrogens with zero attached hydrogens (tertiary/aromatic N) is 1. The summed E-state index contributed by atoms with van der Waals surface area (Å²) in [6.07, 6.45) is 0.970. The molecule has 3 rings (SSSR count). The van der Waals surface area contributed by atoms with Crippen LogP contribution in [0.3, 0.4) is 0 Å². The Balaban J connectivity index is 1.55. The average molecular weight is 473 g/mol. The van der Waals surface area contributed by atoms with Crippen molar-refractivity contribution in [2.24, 2.45) is 5.92 Å². The maximum atomic E-state index is 13.0. The van der Waals surface area contributed by atoms with Crippen LogP contribution in [0.15, 0.2) is 42.5 Å². The molecule has 1 aliphatic rings. The molecular formula is C25H29FN2O6. The lowest BCUT2D eigenvalue weighted by atomic mass is 9.99. The molecule has 34 heavy (non-hydrogen) atoms. The molecule has 0 aromatic heterocycles. The Morgan fingerprint density at radius 1 is 1.09 bits per heavy atom. The van der Waals surface area contributed by atoms with Gasteiger partial charge in [-0.3, -0.25) is 9.59 Å². The number of ether oxygens (including phenoxy) is 3. The summed E-state index contributed by atoms with van der Waals surface area (Å²) in [5.41, 5.74) is 0.620. The first-order valence-electron chi connectivity index (χ1n) is 11.1. The Labute approximate surface area is 198 Å². The fraction of sp³-hybridized carbons (Fsp3) is 0.400. The van der Waals surface area contributed by atoms with E-state index in [1.807, 2.05) is 0 Å². The molecule has 0 unspecified atom stereocenters. The lowest BCUT2D eigenvalue weighted by molar-refractivity contribution is -0.141. The van der Waals surface area contributed by atoms with Crippen molar-refractivity contribution in [1.29, 1.82) is 0 Å². The minimum atomic E-state index is -0.905. The molecule has 1 heterocycles.